The number of hydrogen-bond acceptors (Lipinski definition) is 24. The first-order chi connectivity index (χ1) is 38.6. The van der Waals surface area contributed by atoms with Crippen LogP contribution in [0.25, 0.3) is 49.0 Å². The lowest BCUT2D eigenvalue weighted by molar-refractivity contribution is 0.404. The van der Waals surface area contributed by atoms with Crippen molar-refractivity contribution < 1.29 is 97.1 Å². The van der Waals surface area contributed by atoms with Crippen LogP contribution in [0.4, 0.5) is 34.1 Å². The minimum atomic E-state index is -5.23. The molecule has 9 rings (SSSR count). The molecule has 0 atom stereocenters. The fourth-order valence-corrected chi connectivity index (χ4v) is 12.3. The molecule has 432 valence electrons. The van der Waals surface area contributed by atoms with E-state index in [1.807, 2.05) is 0 Å². The number of aromatic hydroxyl groups is 1. The van der Waals surface area contributed by atoms with Gasteiger partial charge >= 0.3 is 0 Å². The molecule has 0 saturated carbocycles. The topological polar surface area (TPSA) is 479 Å². The van der Waals surface area contributed by atoms with Gasteiger partial charge in [-0.2, -0.15) is 60.4 Å². The van der Waals surface area contributed by atoms with Crippen LogP contribution in [0.2, 0.25) is 0 Å². The van der Waals surface area contributed by atoms with Crippen LogP contribution in [0.1, 0.15) is 5.56 Å². The number of methoxy groups -OCH3 is 3. The van der Waals surface area contributed by atoms with Gasteiger partial charge in [0.15, 0.2) is 5.75 Å². The van der Waals surface area contributed by atoms with Crippen molar-refractivity contribution in [3.05, 3.63) is 103 Å². The van der Waals surface area contributed by atoms with Crippen LogP contribution in [0.5, 0.6) is 23.0 Å². The maximum absolute atomic E-state index is 12.9. The van der Waals surface area contributed by atoms with Gasteiger partial charge in [0.25, 0.3) is 60.7 Å². The zero-order chi connectivity index (χ0) is 60.7. The zero-order valence-corrected chi connectivity index (χ0v) is 46.9. The number of phenols is 1. The minimum Gasteiger partial charge on any atom is -0.505 e. The third-order valence-electron chi connectivity index (χ3n) is 12.1. The number of nitrogens with zero attached hydrogens (tertiary/aromatic N) is 9. The molecule has 83 heavy (non-hydrogen) atoms. The van der Waals surface area contributed by atoms with Gasteiger partial charge in [0.2, 0.25) is 0 Å². The summed E-state index contributed by atoms with van der Waals surface area (Å²) in [6, 6.07) is 16.7. The molecule has 0 radical (unpaired) electrons. The van der Waals surface area contributed by atoms with Crippen LogP contribution in [0.15, 0.2) is 157 Å². The zero-order valence-electron chi connectivity index (χ0n) is 42.0. The van der Waals surface area contributed by atoms with Crippen molar-refractivity contribution in [1.29, 1.82) is 0 Å². The summed E-state index contributed by atoms with van der Waals surface area (Å²) in [7, 11) is -27.0. The van der Waals surface area contributed by atoms with Crippen molar-refractivity contribution in [1.82, 2.24) is 15.0 Å². The molecule has 0 fully saturated rings. The number of phenolic OH excluding ortho intramolecular Hbond substituents is 1. The Hall–Kier alpha value is -8.60. The van der Waals surface area contributed by atoms with Crippen LogP contribution in [0, 0.1) is 6.92 Å². The van der Waals surface area contributed by atoms with Crippen LogP contribution >= 0.6 is 0 Å². The second-order valence-corrected chi connectivity index (χ2v) is 25.7. The van der Waals surface area contributed by atoms with E-state index in [2.05, 4.69) is 40.9 Å². The molecule has 0 amide bonds. The standard InChI is InChI=1S/C46H35N9O22S6/c1-21-9-33(37(75-2)18-32(21)47-51-36-17-29-23(12-42(36)82(69,70)71)11-25(78(57,58)59)15-41(29)81(66,67)68)48-49-34-19-39(77-4)35(20-38(34)76-3)50-52-45-43(83(72,73)74)13-22-10-24(5-6-27(22)46(45)56)55-53-31-8-7-28-30(44(31)54-55)14-26(79(60,61)62)16-40(28)80(63,64)65/h5-20,56H,1-4H3,(H,57,58,59)(H,60,61,62)(H,63,64,65)(H,66,67,68)(H,69,70,71)(H,72,73,74). The van der Waals surface area contributed by atoms with Crippen molar-refractivity contribution in [3.63, 3.8) is 0 Å². The lowest BCUT2D eigenvalue weighted by atomic mass is 10.1. The van der Waals surface area contributed by atoms with Gasteiger partial charge in [0.05, 0.1) is 42.5 Å². The van der Waals surface area contributed by atoms with E-state index in [1.165, 1.54) is 82.9 Å². The average Bonchev–Trinajstić information content (AvgIpc) is 2.27. The third-order valence-corrected chi connectivity index (χ3v) is 17.3. The molecule has 0 unspecified atom stereocenters. The van der Waals surface area contributed by atoms with E-state index in [0.717, 1.165) is 23.0 Å². The van der Waals surface area contributed by atoms with Gasteiger partial charge in [-0.1, -0.05) is 6.07 Å². The molecule has 37 heteroatoms. The highest BCUT2D eigenvalue weighted by Gasteiger charge is 2.28. The van der Waals surface area contributed by atoms with Gasteiger partial charge in [0.1, 0.15) is 76.3 Å². The molecular formula is C46H35N9O22S6. The Morgan fingerprint density at radius 2 is 0.867 bits per heavy atom. The Morgan fingerprint density at radius 3 is 1.41 bits per heavy atom. The first-order valence-corrected chi connectivity index (χ1v) is 31.0. The van der Waals surface area contributed by atoms with Crippen molar-refractivity contribution in [2.75, 3.05) is 21.3 Å². The van der Waals surface area contributed by atoms with Crippen LogP contribution in [-0.2, 0) is 60.7 Å². The molecule has 1 heterocycles. The molecule has 0 saturated heterocycles. The normalized spacial score (nSPS) is 13.2. The average molecular weight is 1260 g/mol. The predicted octanol–water partition coefficient (Wildman–Crippen LogP) is 8.65. The maximum Gasteiger partial charge on any atom is 0.296 e. The molecule has 31 nitrogen and oxygen atoms in total. The summed E-state index contributed by atoms with van der Waals surface area (Å²) >= 11 is 0. The first-order valence-electron chi connectivity index (χ1n) is 22.4. The van der Waals surface area contributed by atoms with E-state index in [4.69, 9.17) is 14.2 Å². The molecule has 8 aromatic carbocycles. The Labute approximate surface area is 467 Å². The van der Waals surface area contributed by atoms with Crippen molar-refractivity contribution in [3.8, 4) is 28.7 Å². The summed E-state index contributed by atoms with van der Waals surface area (Å²) < 4.78 is 224. The number of fused-ring (bicyclic) bond motifs is 5. The van der Waals surface area contributed by atoms with Crippen molar-refractivity contribution in [2.24, 2.45) is 30.7 Å². The van der Waals surface area contributed by atoms with E-state index in [9.17, 15) is 82.9 Å². The smallest absolute Gasteiger partial charge is 0.296 e. The van der Waals surface area contributed by atoms with E-state index >= 15 is 0 Å². The quantitative estimate of drug-likeness (QED) is 0.0351. The SMILES string of the molecule is COc1cc(N=Nc2cc3c(S(=O)(=O)O)cc(S(=O)(=O)O)cc3cc2S(=O)(=O)O)c(C)cc1N=Nc1cc(OC)c(N=Nc2c(S(=O)(=O)O)cc3cc(-n4nc5ccc6c(S(=O)(=O)O)cc(S(=O)(=O)O)cc6c5n4)ccc3c2O)cc1OC. The van der Waals surface area contributed by atoms with E-state index < -0.39 is 118 Å². The summed E-state index contributed by atoms with van der Waals surface area (Å²) in [5, 5.41) is 43.4. The highest BCUT2D eigenvalue weighted by molar-refractivity contribution is 7.87. The van der Waals surface area contributed by atoms with Gasteiger partial charge in [-0.05, 0) is 96.1 Å². The maximum atomic E-state index is 12.9. The monoisotopic (exact) mass is 1260 g/mol. The number of hydrogen-bond donors (Lipinski definition) is 7. The van der Waals surface area contributed by atoms with Gasteiger partial charge in [-0.25, -0.2) is 0 Å². The molecule has 9 aromatic rings. The van der Waals surface area contributed by atoms with Crippen molar-refractivity contribution in [2.45, 2.75) is 36.3 Å². The lowest BCUT2D eigenvalue weighted by Gasteiger charge is -2.11. The summed E-state index contributed by atoms with van der Waals surface area (Å²) in [6.07, 6.45) is 0. The highest BCUT2D eigenvalue weighted by atomic mass is 32.2. The molecule has 0 spiro atoms. The molecule has 0 aliphatic carbocycles. The molecular weight excluding hydrogens is 1220 g/mol. The molecule has 1 aromatic heterocycles. The van der Waals surface area contributed by atoms with Gasteiger partial charge < -0.3 is 19.3 Å². The number of rotatable bonds is 16. The van der Waals surface area contributed by atoms with E-state index in [0.29, 0.717) is 24.3 Å². The van der Waals surface area contributed by atoms with Crippen LogP contribution in [0.3, 0.4) is 0 Å². The summed E-state index contributed by atoms with van der Waals surface area (Å²) in [4.78, 5) is -4.73. The van der Waals surface area contributed by atoms with Gasteiger partial charge in [-0.15, -0.1) is 35.8 Å². The third kappa shape index (κ3) is 11.8. The summed E-state index contributed by atoms with van der Waals surface area (Å²) in [5.41, 5.74) is -1.16. The fourth-order valence-electron chi connectivity index (χ4n) is 8.31. The second-order valence-electron chi connectivity index (χ2n) is 17.3. The van der Waals surface area contributed by atoms with E-state index in [1.54, 1.807) is 0 Å². The van der Waals surface area contributed by atoms with Crippen LogP contribution < -0.4 is 14.2 Å². The van der Waals surface area contributed by atoms with Gasteiger partial charge in [0, 0.05) is 39.7 Å². The molecule has 0 aliphatic rings. The molecule has 7 N–H and O–H groups in total. The molecule has 0 bridgehead atoms. The van der Waals surface area contributed by atoms with Crippen molar-refractivity contribution >= 4 is 138 Å². The predicted molar refractivity (Wildman–Crippen MR) is 288 cm³/mol. The Bertz CT molecular complexity index is 5140. The number of benzene rings is 8. The second kappa shape index (κ2) is 21.0. The van der Waals surface area contributed by atoms with Gasteiger partial charge in [-0.3, -0.25) is 27.3 Å². The number of azo groups is 3. The Morgan fingerprint density at radius 1 is 0.410 bits per heavy atom. The highest BCUT2D eigenvalue weighted by Crippen LogP contribution is 2.46. The van der Waals surface area contributed by atoms with E-state index in [-0.39, 0.29) is 83.8 Å². The van der Waals surface area contributed by atoms with Crippen LogP contribution in [-0.4, -0.2) is 119 Å². The largest absolute Gasteiger partial charge is 0.505 e. The first kappa shape index (κ1) is 59.0. The number of ether oxygens (including phenoxy) is 3. The Kier molecular flexibility index (Phi) is 14.9. The number of aryl methyl sites for hydroxylation is 1. The Balaban J connectivity index is 1.04. The number of aromatic nitrogens is 3. The summed E-state index contributed by atoms with van der Waals surface area (Å²) in [5.74, 6) is -0.902. The minimum absolute atomic E-state index is 0.00441. The summed E-state index contributed by atoms with van der Waals surface area (Å²) in [6.45, 7) is 1.51. The molecule has 0 aliphatic heterocycles. The fraction of sp³-hybridized carbons (Fsp3) is 0.0870. The lowest BCUT2D eigenvalue weighted by Crippen LogP contribution is -2.05.